The fourth-order valence-electron chi connectivity index (χ4n) is 2.23. The number of nitrogens with zero attached hydrogens (tertiary/aromatic N) is 2. The zero-order chi connectivity index (χ0) is 15.1. The molecule has 1 unspecified atom stereocenters. The van der Waals surface area contributed by atoms with Crippen LogP contribution in [0.1, 0.15) is 18.1 Å². The summed E-state index contributed by atoms with van der Waals surface area (Å²) in [5.41, 5.74) is 2.96. The smallest absolute Gasteiger partial charge is 0.132 e. The summed E-state index contributed by atoms with van der Waals surface area (Å²) < 4.78 is 4.07. The monoisotopic (exact) mass is 494 g/mol. The van der Waals surface area contributed by atoms with Gasteiger partial charge >= 0.3 is 0 Å². The first-order valence-corrected chi connectivity index (χ1v) is 8.93. The minimum atomic E-state index is -0.190. The fourth-order valence-corrected chi connectivity index (χ4v) is 3.34. The number of rotatable bonds is 2. The van der Waals surface area contributed by atoms with Crippen molar-refractivity contribution in [3.05, 3.63) is 55.3 Å². The van der Waals surface area contributed by atoms with E-state index in [9.17, 15) is 0 Å². The third kappa shape index (κ3) is 2.96. The summed E-state index contributed by atoms with van der Waals surface area (Å²) in [6.45, 7) is 1.93. The van der Waals surface area contributed by atoms with E-state index in [0.29, 0.717) is 5.02 Å². The third-order valence-electron chi connectivity index (χ3n) is 3.16. The van der Waals surface area contributed by atoms with Crippen molar-refractivity contribution in [2.24, 2.45) is 0 Å². The van der Waals surface area contributed by atoms with Crippen molar-refractivity contribution < 1.29 is 0 Å². The van der Waals surface area contributed by atoms with Crippen LogP contribution < -0.4 is 0 Å². The van der Waals surface area contributed by atoms with Gasteiger partial charge in [-0.05, 0) is 81.8 Å². The Morgan fingerprint density at radius 1 is 1.24 bits per heavy atom. The molecule has 108 valence electrons. The van der Waals surface area contributed by atoms with E-state index in [0.717, 1.165) is 30.6 Å². The predicted octanol–water partition coefficient (Wildman–Crippen LogP) is 6.35. The van der Waals surface area contributed by atoms with E-state index in [-0.39, 0.29) is 5.38 Å². The number of fused-ring (bicyclic) bond motifs is 1. The Hall–Kier alpha value is -0.300. The fraction of sp³-hybridized carbons (Fsp3) is 0.133. The van der Waals surface area contributed by atoms with Gasteiger partial charge < -0.3 is 0 Å². The summed E-state index contributed by atoms with van der Waals surface area (Å²) in [7, 11) is 0. The molecule has 0 fully saturated rings. The van der Waals surface area contributed by atoms with Crippen molar-refractivity contribution in [2.45, 2.75) is 12.3 Å². The molecule has 0 bridgehead atoms. The number of aromatic nitrogens is 2. The molecule has 0 N–H and O–H groups in total. The molecule has 2 aromatic carbocycles. The average Bonchev–Trinajstić information content (AvgIpc) is 2.80. The summed E-state index contributed by atoms with van der Waals surface area (Å²) in [6, 6.07) is 12.0. The van der Waals surface area contributed by atoms with Crippen LogP contribution in [0.5, 0.6) is 0 Å². The van der Waals surface area contributed by atoms with Crippen molar-refractivity contribution >= 4 is 72.8 Å². The zero-order valence-electron chi connectivity index (χ0n) is 10.9. The topological polar surface area (TPSA) is 17.8 Å². The van der Waals surface area contributed by atoms with Crippen LogP contribution in [0.25, 0.3) is 16.7 Å². The number of benzene rings is 2. The van der Waals surface area contributed by atoms with Gasteiger partial charge in [0.2, 0.25) is 0 Å². The van der Waals surface area contributed by atoms with Gasteiger partial charge in [-0.2, -0.15) is 0 Å². The second-order valence-corrected chi connectivity index (χ2v) is 7.81. The molecule has 0 aliphatic carbocycles. The van der Waals surface area contributed by atoms with Crippen LogP contribution in [0.2, 0.25) is 5.02 Å². The summed E-state index contributed by atoms with van der Waals surface area (Å²) in [6.07, 6.45) is 0. The van der Waals surface area contributed by atoms with E-state index in [4.69, 9.17) is 23.2 Å². The van der Waals surface area contributed by atoms with Gasteiger partial charge in [-0.3, -0.25) is 4.57 Å². The molecule has 1 heterocycles. The molecular formula is C15H10BrCl2IN2. The maximum Gasteiger partial charge on any atom is 0.132 e. The highest BCUT2D eigenvalue weighted by Crippen LogP contribution is 2.32. The van der Waals surface area contributed by atoms with Crippen LogP contribution in [0.3, 0.4) is 0 Å². The van der Waals surface area contributed by atoms with Gasteiger partial charge in [-0.25, -0.2) is 4.98 Å². The zero-order valence-corrected chi connectivity index (χ0v) is 16.2. The molecule has 0 spiro atoms. The largest absolute Gasteiger partial charge is 0.295 e. The quantitative estimate of drug-likeness (QED) is 0.299. The van der Waals surface area contributed by atoms with Gasteiger partial charge in [0.25, 0.3) is 0 Å². The van der Waals surface area contributed by atoms with Crippen LogP contribution in [-0.4, -0.2) is 9.55 Å². The first-order valence-electron chi connectivity index (χ1n) is 6.25. The molecular weight excluding hydrogens is 486 g/mol. The molecule has 0 aliphatic heterocycles. The maximum atomic E-state index is 6.32. The Balaban J connectivity index is 2.33. The summed E-state index contributed by atoms with van der Waals surface area (Å²) in [5, 5.41) is 0.489. The van der Waals surface area contributed by atoms with Gasteiger partial charge in [0.15, 0.2) is 0 Å². The SMILES string of the molecule is CC(Cl)c1nc2cc(I)ccc2n1-c1ccc(Cl)c(Br)c1. The molecule has 3 rings (SSSR count). The molecule has 0 saturated carbocycles. The molecule has 2 nitrogen and oxygen atoms in total. The van der Waals surface area contributed by atoms with Crippen molar-refractivity contribution in [2.75, 3.05) is 0 Å². The number of halogens is 4. The van der Waals surface area contributed by atoms with Crippen LogP contribution in [0.15, 0.2) is 40.9 Å². The Morgan fingerprint density at radius 3 is 2.67 bits per heavy atom. The molecule has 1 aromatic heterocycles. The van der Waals surface area contributed by atoms with Crippen LogP contribution in [0.4, 0.5) is 0 Å². The lowest BCUT2D eigenvalue weighted by atomic mass is 10.2. The van der Waals surface area contributed by atoms with Gasteiger partial charge in [0.05, 0.1) is 21.4 Å². The van der Waals surface area contributed by atoms with E-state index in [1.165, 1.54) is 0 Å². The molecule has 21 heavy (non-hydrogen) atoms. The van der Waals surface area contributed by atoms with Crippen molar-refractivity contribution in [1.82, 2.24) is 9.55 Å². The first-order chi connectivity index (χ1) is 9.97. The van der Waals surface area contributed by atoms with Crippen LogP contribution >= 0.6 is 61.7 Å². The molecule has 0 saturated heterocycles. The number of hydrogen-bond donors (Lipinski definition) is 0. The van der Waals surface area contributed by atoms with Gasteiger partial charge in [-0.1, -0.05) is 11.6 Å². The molecule has 6 heteroatoms. The van der Waals surface area contributed by atoms with Crippen LogP contribution in [-0.2, 0) is 0 Å². The molecule has 0 radical (unpaired) electrons. The highest BCUT2D eigenvalue weighted by atomic mass is 127. The Morgan fingerprint density at radius 2 is 2.00 bits per heavy atom. The first kappa shape index (κ1) is 15.6. The van der Waals surface area contributed by atoms with Gasteiger partial charge in [-0.15, -0.1) is 11.6 Å². The Kier molecular flexibility index (Phi) is 4.50. The molecule has 1 atom stereocenters. The van der Waals surface area contributed by atoms with E-state index in [1.807, 2.05) is 25.1 Å². The molecule has 0 amide bonds. The summed E-state index contributed by atoms with van der Waals surface area (Å²) >= 11 is 18.2. The normalized spacial score (nSPS) is 12.8. The highest BCUT2D eigenvalue weighted by Gasteiger charge is 2.17. The maximum absolute atomic E-state index is 6.32. The second kappa shape index (κ2) is 6.07. The Labute approximate surface area is 154 Å². The van der Waals surface area contributed by atoms with E-state index in [1.54, 1.807) is 0 Å². The van der Waals surface area contributed by atoms with Gasteiger partial charge in [0, 0.05) is 13.7 Å². The molecule has 0 aliphatic rings. The lowest BCUT2D eigenvalue weighted by Crippen LogP contribution is -2.01. The summed E-state index contributed by atoms with van der Waals surface area (Å²) in [5.74, 6) is 0.822. The standard InChI is InChI=1S/C15H10BrCl2IN2/c1-8(17)15-20-13-6-9(19)2-5-14(13)21(15)10-3-4-12(18)11(16)7-10/h2-8H,1H3. The average molecular weight is 496 g/mol. The van der Waals surface area contributed by atoms with Gasteiger partial charge in [0.1, 0.15) is 5.82 Å². The van der Waals surface area contributed by atoms with E-state index >= 15 is 0 Å². The Bertz CT molecular complexity index is 830. The van der Waals surface area contributed by atoms with Crippen molar-refractivity contribution in [3.63, 3.8) is 0 Å². The predicted molar refractivity (Wildman–Crippen MR) is 101 cm³/mol. The minimum absolute atomic E-state index is 0.190. The van der Waals surface area contributed by atoms with Crippen molar-refractivity contribution in [3.8, 4) is 5.69 Å². The van der Waals surface area contributed by atoms with Crippen LogP contribution in [0, 0.1) is 3.57 Å². The minimum Gasteiger partial charge on any atom is -0.295 e. The highest BCUT2D eigenvalue weighted by molar-refractivity contribution is 14.1. The third-order valence-corrected chi connectivity index (χ3v) is 5.24. The lowest BCUT2D eigenvalue weighted by Gasteiger charge is -2.11. The lowest BCUT2D eigenvalue weighted by molar-refractivity contribution is 0.882. The second-order valence-electron chi connectivity index (χ2n) is 4.65. The van der Waals surface area contributed by atoms with E-state index < -0.39 is 0 Å². The number of hydrogen-bond acceptors (Lipinski definition) is 1. The summed E-state index contributed by atoms with van der Waals surface area (Å²) in [4.78, 5) is 4.68. The molecule has 3 aromatic rings. The van der Waals surface area contributed by atoms with Crippen molar-refractivity contribution in [1.29, 1.82) is 0 Å². The number of alkyl halides is 1. The number of imidazole rings is 1. The van der Waals surface area contributed by atoms with E-state index in [2.05, 4.69) is 66.3 Å².